The van der Waals surface area contributed by atoms with Crippen LogP contribution >= 0.6 is 15.9 Å². The number of halogens is 2. The molecular weight excluding hydrogens is 307 g/mol. The first-order chi connectivity index (χ1) is 9.13. The van der Waals surface area contributed by atoms with Gasteiger partial charge in [-0.3, -0.25) is 4.79 Å². The minimum absolute atomic E-state index is 0.244. The third kappa shape index (κ3) is 6.86. The van der Waals surface area contributed by atoms with Gasteiger partial charge in [0, 0.05) is 12.8 Å². The molecule has 0 radical (unpaired) electrons. The second kappa shape index (κ2) is 9.24. The lowest BCUT2D eigenvalue weighted by molar-refractivity contribution is -0.118. The zero-order chi connectivity index (χ0) is 14.1. The van der Waals surface area contributed by atoms with Crippen LogP contribution in [0.5, 0.6) is 0 Å². The summed E-state index contributed by atoms with van der Waals surface area (Å²) in [6.07, 6.45) is 8.20. The number of benzene rings is 1. The second-order valence-electron chi connectivity index (χ2n) is 4.98. The summed E-state index contributed by atoms with van der Waals surface area (Å²) in [5.41, 5.74) is 0.879. The molecule has 1 rings (SSSR count). The molecule has 0 N–H and O–H groups in total. The van der Waals surface area contributed by atoms with Gasteiger partial charge in [0.1, 0.15) is 11.6 Å². The van der Waals surface area contributed by atoms with Crippen molar-refractivity contribution >= 4 is 21.7 Å². The molecule has 1 aromatic rings. The maximum atomic E-state index is 13.1. The zero-order valence-electron chi connectivity index (χ0n) is 11.6. The summed E-state index contributed by atoms with van der Waals surface area (Å²) in [4.78, 5) is 11.8. The van der Waals surface area contributed by atoms with Crippen molar-refractivity contribution in [1.29, 1.82) is 0 Å². The molecule has 0 bridgehead atoms. The first-order valence-corrected chi connectivity index (χ1v) is 7.88. The van der Waals surface area contributed by atoms with Gasteiger partial charge >= 0.3 is 0 Å². The average molecular weight is 329 g/mol. The van der Waals surface area contributed by atoms with Crippen molar-refractivity contribution in [2.45, 2.75) is 58.3 Å². The van der Waals surface area contributed by atoms with Gasteiger partial charge in [-0.05, 0) is 40.0 Å². The third-order valence-corrected chi connectivity index (χ3v) is 3.80. The lowest BCUT2D eigenvalue weighted by Crippen LogP contribution is -2.02. The van der Waals surface area contributed by atoms with Crippen LogP contribution in [-0.4, -0.2) is 5.78 Å². The summed E-state index contributed by atoms with van der Waals surface area (Å²) in [5, 5.41) is 0. The van der Waals surface area contributed by atoms with E-state index >= 15 is 0 Å². The first-order valence-electron chi connectivity index (χ1n) is 7.09. The van der Waals surface area contributed by atoms with Crippen molar-refractivity contribution < 1.29 is 9.18 Å². The Morgan fingerprint density at radius 1 is 1.16 bits per heavy atom. The van der Waals surface area contributed by atoms with Gasteiger partial charge in [0.05, 0.1) is 4.47 Å². The highest BCUT2D eigenvalue weighted by molar-refractivity contribution is 9.10. The number of hydrogen-bond acceptors (Lipinski definition) is 1. The molecule has 19 heavy (non-hydrogen) atoms. The Morgan fingerprint density at radius 2 is 1.84 bits per heavy atom. The molecule has 0 aliphatic carbocycles. The van der Waals surface area contributed by atoms with E-state index in [0.29, 0.717) is 17.3 Å². The highest BCUT2D eigenvalue weighted by atomic mass is 79.9. The summed E-state index contributed by atoms with van der Waals surface area (Å²) in [5.74, 6) is -0.0406. The number of Topliss-reactive ketones (excluding diaryl/α,β-unsaturated/α-hetero) is 1. The predicted molar refractivity (Wildman–Crippen MR) is 80.8 cm³/mol. The molecule has 0 aliphatic rings. The average Bonchev–Trinajstić information content (AvgIpc) is 2.38. The van der Waals surface area contributed by atoms with Crippen molar-refractivity contribution in [2.24, 2.45) is 0 Å². The molecular formula is C16H22BrFO. The van der Waals surface area contributed by atoms with E-state index < -0.39 is 0 Å². The Hall–Kier alpha value is -0.700. The predicted octanol–water partition coefficient (Wildman–Crippen LogP) is 5.45. The summed E-state index contributed by atoms with van der Waals surface area (Å²) >= 11 is 3.14. The smallest absolute Gasteiger partial charge is 0.137 e. The van der Waals surface area contributed by atoms with Crippen molar-refractivity contribution in [3.05, 3.63) is 34.1 Å². The zero-order valence-corrected chi connectivity index (χ0v) is 13.1. The van der Waals surface area contributed by atoms with Crippen LogP contribution in [0.2, 0.25) is 0 Å². The highest BCUT2D eigenvalue weighted by Crippen LogP contribution is 2.18. The SMILES string of the molecule is CCCCCCCCC(=O)Cc1ccc(F)c(Br)c1. The van der Waals surface area contributed by atoms with Crippen molar-refractivity contribution in [3.63, 3.8) is 0 Å². The molecule has 0 amide bonds. The van der Waals surface area contributed by atoms with Crippen molar-refractivity contribution in [1.82, 2.24) is 0 Å². The minimum Gasteiger partial charge on any atom is -0.299 e. The fourth-order valence-electron chi connectivity index (χ4n) is 2.07. The lowest BCUT2D eigenvalue weighted by atomic mass is 10.0. The molecule has 0 aliphatic heterocycles. The van der Waals surface area contributed by atoms with Gasteiger partial charge in [-0.15, -0.1) is 0 Å². The molecule has 0 aromatic heterocycles. The monoisotopic (exact) mass is 328 g/mol. The molecule has 0 fully saturated rings. The van der Waals surface area contributed by atoms with Gasteiger partial charge in [-0.2, -0.15) is 0 Å². The summed E-state index contributed by atoms with van der Waals surface area (Å²) in [6.45, 7) is 2.20. The Labute approximate surface area is 123 Å². The fraction of sp³-hybridized carbons (Fsp3) is 0.562. The molecule has 0 atom stereocenters. The number of hydrogen-bond donors (Lipinski definition) is 0. The minimum atomic E-state index is -0.285. The highest BCUT2D eigenvalue weighted by Gasteiger charge is 2.06. The summed E-state index contributed by atoms with van der Waals surface area (Å²) in [7, 11) is 0. The van der Waals surface area contributed by atoms with E-state index in [9.17, 15) is 9.18 Å². The number of rotatable bonds is 9. The van der Waals surface area contributed by atoms with Gasteiger partial charge < -0.3 is 0 Å². The van der Waals surface area contributed by atoms with Crippen LogP contribution in [0, 0.1) is 5.82 Å². The Bertz CT molecular complexity index is 404. The van der Waals surface area contributed by atoms with Crippen LogP contribution in [0.4, 0.5) is 4.39 Å². The van der Waals surface area contributed by atoms with Crippen LogP contribution in [0.3, 0.4) is 0 Å². The van der Waals surface area contributed by atoms with E-state index in [1.54, 1.807) is 12.1 Å². The number of carbonyl (C=O) groups excluding carboxylic acids is 1. The molecule has 1 aromatic carbocycles. The van der Waals surface area contributed by atoms with Crippen LogP contribution < -0.4 is 0 Å². The quantitative estimate of drug-likeness (QED) is 0.551. The lowest BCUT2D eigenvalue weighted by Gasteiger charge is -2.03. The van der Waals surface area contributed by atoms with Crippen LogP contribution in [0.1, 0.15) is 57.4 Å². The second-order valence-corrected chi connectivity index (χ2v) is 5.84. The molecule has 0 saturated carbocycles. The molecule has 1 nitrogen and oxygen atoms in total. The number of carbonyl (C=O) groups is 1. The normalized spacial score (nSPS) is 10.7. The maximum absolute atomic E-state index is 13.1. The molecule has 106 valence electrons. The van der Waals surface area contributed by atoms with E-state index in [1.807, 2.05) is 0 Å². The fourth-order valence-corrected chi connectivity index (χ4v) is 2.49. The molecule has 0 heterocycles. The first kappa shape index (κ1) is 16.4. The molecule has 3 heteroatoms. The van der Waals surface area contributed by atoms with E-state index in [-0.39, 0.29) is 11.6 Å². The maximum Gasteiger partial charge on any atom is 0.137 e. The molecule has 0 saturated heterocycles. The number of ketones is 1. The standard InChI is InChI=1S/C16H22BrFO/c1-2-3-4-5-6-7-8-14(19)11-13-9-10-16(18)15(17)12-13/h9-10,12H,2-8,11H2,1H3. The van der Waals surface area contributed by atoms with Gasteiger partial charge in [-0.25, -0.2) is 4.39 Å². The van der Waals surface area contributed by atoms with Crippen LogP contribution in [0.15, 0.2) is 22.7 Å². The number of unbranched alkanes of at least 4 members (excludes halogenated alkanes) is 5. The van der Waals surface area contributed by atoms with E-state index in [0.717, 1.165) is 18.4 Å². The van der Waals surface area contributed by atoms with E-state index in [4.69, 9.17) is 0 Å². The van der Waals surface area contributed by atoms with Crippen LogP contribution in [-0.2, 0) is 11.2 Å². The Morgan fingerprint density at radius 3 is 2.53 bits per heavy atom. The van der Waals surface area contributed by atoms with E-state index in [1.165, 1.54) is 31.7 Å². The summed E-state index contributed by atoms with van der Waals surface area (Å²) < 4.78 is 13.5. The van der Waals surface area contributed by atoms with Gasteiger partial charge in [0.15, 0.2) is 0 Å². The largest absolute Gasteiger partial charge is 0.299 e. The van der Waals surface area contributed by atoms with E-state index in [2.05, 4.69) is 22.9 Å². The van der Waals surface area contributed by atoms with Crippen molar-refractivity contribution in [3.8, 4) is 0 Å². The Kier molecular flexibility index (Phi) is 7.96. The molecule has 0 unspecified atom stereocenters. The van der Waals surface area contributed by atoms with Gasteiger partial charge in [0.25, 0.3) is 0 Å². The Balaban J connectivity index is 2.21. The third-order valence-electron chi connectivity index (χ3n) is 3.19. The molecule has 0 spiro atoms. The van der Waals surface area contributed by atoms with Crippen LogP contribution in [0.25, 0.3) is 0 Å². The van der Waals surface area contributed by atoms with Gasteiger partial charge in [0.2, 0.25) is 0 Å². The topological polar surface area (TPSA) is 17.1 Å². The van der Waals surface area contributed by atoms with Crippen molar-refractivity contribution in [2.75, 3.05) is 0 Å². The van der Waals surface area contributed by atoms with Gasteiger partial charge in [-0.1, -0.05) is 45.1 Å². The summed E-state index contributed by atoms with van der Waals surface area (Å²) in [6, 6.07) is 4.77.